The van der Waals surface area contributed by atoms with Crippen LogP contribution in [0.15, 0.2) is 66.4 Å². The number of thiazole rings is 1. The number of likely N-dealkylation sites (tertiary alicyclic amines) is 1. The van der Waals surface area contributed by atoms with Crippen molar-refractivity contribution in [2.75, 3.05) is 58.3 Å². The number of anilines is 2. The second-order valence-corrected chi connectivity index (χ2v) is 19.1. The fraction of sp³-hybridized carbons (Fsp3) is 0.438. The van der Waals surface area contributed by atoms with E-state index in [-0.39, 0.29) is 49.2 Å². The van der Waals surface area contributed by atoms with Gasteiger partial charge in [0.05, 0.1) is 46.4 Å². The molecule has 0 radical (unpaired) electrons. The Morgan fingerprint density at radius 1 is 0.985 bits per heavy atom. The number of hydrogen-bond donors (Lipinski definition) is 4. The highest BCUT2D eigenvalue weighted by atomic mass is 35.5. The average Bonchev–Trinajstić information content (AvgIpc) is 3.93. The highest BCUT2D eigenvalue weighted by Gasteiger charge is 2.44. The number of aliphatic hydroxyl groups is 1. The Balaban J connectivity index is 0.845. The SMILES string of the molecule is COc1cc2ncnc(Nc3ccc(F)c(Cl)c3)c2cc1OCCCN1CCN(C(=O)CCC(=O)NC(C(=O)N2CC(O)CC2C(=O)NCc2ccc(-c3scnc3C)cc2)C(C)(C)C)CC1. The Kier molecular flexibility index (Phi) is 15.9. The van der Waals surface area contributed by atoms with E-state index in [0.29, 0.717) is 73.1 Å². The molecular weight excluding hydrogens is 901 g/mol. The van der Waals surface area contributed by atoms with Crippen LogP contribution in [0.3, 0.4) is 0 Å². The number of hydrogen-bond acceptors (Lipinski definition) is 13. The molecular formula is C48H57ClFN9O7S. The molecule has 4 amide bonds. The van der Waals surface area contributed by atoms with E-state index in [2.05, 4.69) is 35.8 Å². The molecule has 0 spiro atoms. The van der Waals surface area contributed by atoms with Gasteiger partial charge in [-0.3, -0.25) is 24.1 Å². The van der Waals surface area contributed by atoms with Crippen LogP contribution in [-0.4, -0.2) is 130 Å². The molecule has 5 aromatic rings. The van der Waals surface area contributed by atoms with Gasteiger partial charge in [-0.05, 0) is 54.2 Å². The standard InChI is InChI=1S/C48H57ClFN9O7S/c1-29-43(67-28-54-29)31-9-7-30(8-10-31)25-51-46(63)38-22-33(60)26-59(38)47(64)44(48(2,3)4)56-41(61)13-14-42(62)58-18-16-57(17-19-58)15-6-20-66-40-23-34-37(24-39(40)65-5)52-27-53-45(34)55-32-11-12-36(50)35(49)21-32/h7-12,21,23-24,27-28,33,38,44,60H,6,13-20,22,25-26H2,1-5H3,(H,51,63)(H,56,61)(H,52,53,55). The lowest BCUT2D eigenvalue weighted by molar-refractivity contribution is -0.144. The minimum absolute atomic E-state index is 0.0132. The van der Waals surface area contributed by atoms with Crippen molar-refractivity contribution in [3.63, 3.8) is 0 Å². The van der Waals surface area contributed by atoms with Crippen LogP contribution in [0.25, 0.3) is 21.3 Å². The predicted octanol–water partition coefficient (Wildman–Crippen LogP) is 6.11. The minimum atomic E-state index is -0.996. The molecule has 2 fully saturated rings. The number of amides is 4. The third kappa shape index (κ3) is 12.3. The number of piperazine rings is 1. The van der Waals surface area contributed by atoms with Crippen LogP contribution in [-0.2, 0) is 25.7 Å². The third-order valence-corrected chi connectivity index (χ3v) is 13.2. The second kappa shape index (κ2) is 21.8. The van der Waals surface area contributed by atoms with Gasteiger partial charge in [-0.15, -0.1) is 11.3 Å². The highest BCUT2D eigenvalue weighted by molar-refractivity contribution is 7.13. The number of β-amino-alcohol motifs (C(OH)–C–C–N with tert-alkyl or cyclic N) is 1. The van der Waals surface area contributed by atoms with Crippen LogP contribution in [0.2, 0.25) is 5.02 Å². The van der Waals surface area contributed by atoms with Crippen molar-refractivity contribution in [1.29, 1.82) is 0 Å². The number of fused-ring (bicyclic) bond motifs is 1. The van der Waals surface area contributed by atoms with Crippen LogP contribution in [0.5, 0.6) is 11.5 Å². The fourth-order valence-corrected chi connectivity index (χ4v) is 9.22. The largest absolute Gasteiger partial charge is 0.493 e. The van der Waals surface area contributed by atoms with Crippen molar-refractivity contribution in [2.24, 2.45) is 5.41 Å². The molecule has 4 heterocycles. The number of aryl methyl sites for hydroxylation is 1. The maximum absolute atomic E-state index is 14.1. The molecule has 3 aromatic carbocycles. The first-order chi connectivity index (χ1) is 32.1. The highest BCUT2D eigenvalue weighted by Crippen LogP contribution is 2.35. The van der Waals surface area contributed by atoms with Crippen LogP contribution in [0, 0.1) is 18.2 Å². The number of methoxy groups -OCH3 is 1. The van der Waals surface area contributed by atoms with E-state index in [0.717, 1.165) is 28.2 Å². The maximum Gasteiger partial charge on any atom is 0.246 e. The van der Waals surface area contributed by atoms with Gasteiger partial charge in [0.25, 0.3) is 0 Å². The maximum atomic E-state index is 14.1. The van der Waals surface area contributed by atoms with Crippen LogP contribution >= 0.6 is 22.9 Å². The van der Waals surface area contributed by atoms with E-state index in [1.807, 2.05) is 52.0 Å². The Bertz CT molecular complexity index is 2570. The van der Waals surface area contributed by atoms with Gasteiger partial charge in [0.15, 0.2) is 11.5 Å². The molecule has 3 unspecified atom stereocenters. The molecule has 16 nitrogen and oxygen atoms in total. The number of benzene rings is 3. The van der Waals surface area contributed by atoms with E-state index in [1.54, 1.807) is 47.1 Å². The Morgan fingerprint density at radius 2 is 1.75 bits per heavy atom. The smallest absolute Gasteiger partial charge is 0.246 e. The van der Waals surface area contributed by atoms with E-state index in [1.165, 1.54) is 23.4 Å². The number of carbonyl (C=O) groups excluding carboxylic acids is 4. The van der Waals surface area contributed by atoms with Crippen LogP contribution in [0.1, 0.15) is 57.7 Å². The number of halogens is 2. The summed E-state index contributed by atoms with van der Waals surface area (Å²) >= 11 is 7.55. The molecule has 2 saturated heterocycles. The van der Waals surface area contributed by atoms with Crippen LogP contribution < -0.4 is 25.4 Å². The summed E-state index contributed by atoms with van der Waals surface area (Å²) in [6.07, 6.45) is 1.19. The molecule has 356 valence electrons. The second-order valence-electron chi connectivity index (χ2n) is 17.9. The zero-order chi connectivity index (χ0) is 47.8. The zero-order valence-corrected chi connectivity index (χ0v) is 39.9. The summed E-state index contributed by atoms with van der Waals surface area (Å²) < 4.78 is 25.5. The molecule has 0 aliphatic carbocycles. The lowest BCUT2D eigenvalue weighted by Crippen LogP contribution is -2.57. The molecule has 0 bridgehead atoms. The predicted molar refractivity (Wildman–Crippen MR) is 255 cm³/mol. The first-order valence-electron chi connectivity index (χ1n) is 22.3. The summed E-state index contributed by atoms with van der Waals surface area (Å²) in [6, 6.07) is 13.8. The number of aromatic nitrogens is 3. The summed E-state index contributed by atoms with van der Waals surface area (Å²) in [7, 11) is 1.56. The van der Waals surface area contributed by atoms with Crippen molar-refractivity contribution in [3.8, 4) is 21.9 Å². The van der Waals surface area contributed by atoms with Gasteiger partial charge >= 0.3 is 0 Å². The molecule has 4 N–H and O–H groups in total. The number of nitrogens with zero attached hydrogens (tertiary/aromatic N) is 6. The van der Waals surface area contributed by atoms with Crippen molar-refractivity contribution < 1.29 is 38.1 Å². The summed E-state index contributed by atoms with van der Waals surface area (Å²) in [6.45, 7) is 11.1. The van der Waals surface area contributed by atoms with Gasteiger partial charge in [-0.1, -0.05) is 56.6 Å². The molecule has 2 aliphatic rings. The number of rotatable bonds is 17. The quantitative estimate of drug-likeness (QED) is 0.0784. The van der Waals surface area contributed by atoms with Crippen molar-refractivity contribution in [2.45, 2.75) is 78.1 Å². The number of nitrogens with one attached hydrogen (secondary N) is 3. The summed E-state index contributed by atoms with van der Waals surface area (Å²) in [4.78, 5) is 73.7. The van der Waals surface area contributed by atoms with Crippen molar-refractivity contribution in [1.82, 2.24) is 40.3 Å². The molecule has 3 atom stereocenters. The van der Waals surface area contributed by atoms with Gasteiger partial charge in [0.2, 0.25) is 23.6 Å². The first-order valence-corrected chi connectivity index (χ1v) is 23.6. The summed E-state index contributed by atoms with van der Waals surface area (Å²) in [5.74, 6) is -0.439. The molecule has 7 rings (SSSR count). The van der Waals surface area contributed by atoms with Gasteiger partial charge < -0.3 is 40.3 Å². The first kappa shape index (κ1) is 49.0. The summed E-state index contributed by atoms with van der Waals surface area (Å²) in [5, 5.41) is 20.2. The molecule has 2 aromatic heterocycles. The zero-order valence-electron chi connectivity index (χ0n) is 38.3. The fourth-order valence-electron chi connectivity index (χ4n) is 8.23. The molecule has 0 saturated carbocycles. The Labute approximate surface area is 398 Å². The number of carbonyl (C=O) groups is 4. The Morgan fingerprint density at radius 3 is 2.43 bits per heavy atom. The van der Waals surface area contributed by atoms with Crippen molar-refractivity contribution >= 4 is 69.0 Å². The Hall–Kier alpha value is -5.95. The topological polar surface area (TPSA) is 191 Å². The third-order valence-electron chi connectivity index (χ3n) is 12.0. The van der Waals surface area contributed by atoms with E-state index < -0.39 is 41.2 Å². The lowest BCUT2D eigenvalue weighted by atomic mass is 9.85. The number of ether oxygens (including phenoxy) is 2. The van der Waals surface area contributed by atoms with E-state index in [9.17, 15) is 28.7 Å². The minimum Gasteiger partial charge on any atom is -0.493 e. The molecule has 19 heteroatoms. The number of aliphatic hydroxyl groups excluding tert-OH is 1. The van der Waals surface area contributed by atoms with E-state index >= 15 is 0 Å². The van der Waals surface area contributed by atoms with E-state index in [4.69, 9.17) is 21.1 Å². The summed E-state index contributed by atoms with van der Waals surface area (Å²) in [5.41, 5.74) is 5.14. The van der Waals surface area contributed by atoms with Crippen molar-refractivity contribution in [3.05, 3.63) is 88.5 Å². The molecule has 67 heavy (non-hydrogen) atoms. The van der Waals surface area contributed by atoms with Crippen LogP contribution in [0.4, 0.5) is 15.9 Å². The lowest BCUT2D eigenvalue weighted by Gasteiger charge is -2.36. The monoisotopic (exact) mass is 957 g/mol. The molecule has 2 aliphatic heterocycles. The van der Waals surface area contributed by atoms with Gasteiger partial charge in [0.1, 0.15) is 30.0 Å². The average molecular weight is 959 g/mol. The van der Waals surface area contributed by atoms with Gasteiger partial charge in [0, 0.05) is 82.2 Å². The van der Waals surface area contributed by atoms with Gasteiger partial charge in [-0.2, -0.15) is 0 Å². The van der Waals surface area contributed by atoms with Gasteiger partial charge in [-0.25, -0.2) is 19.3 Å². The normalized spacial score (nSPS) is 17.0.